The smallest absolute Gasteiger partial charge is 0.253 e. The van der Waals surface area contributed by atoms with E-state index in [9.17, 15) is 27.5 Å². The number of phenols is 1. The molecule has 410 valence electrons. The van der Waals surface area contributed by atoms with Crippen molar-refractivity contribution in [3.05, 3.63) is 130 Å². The van der Waals surface area contributed by atoms with Gasteiger partial charge in [0.25, 0.3) is 5.91 Å². The monoisotopic (exact) mass is 1170 g/mol. The van der Waals surface area contributed by atoms with E-state index in [1.165, 1.54) is 54.7 Å². The highest BCUT2D eigenvalue weighted by atomic mass is 79.9. The summed E-state index contributed by atoms with van der Waals surface area (Å²) in [4.78, 5) is 47.9. The third kappa shape index (κ3) is 14.1. The fourth-order valence-electron chi connectivity index (χ4n) is 8.36. The van der Waals surface area contributed by atoms with Crippen molar-refractivity contribution in [3.63, 3.8) is 0 Å². The maximum absolute atomic E-state index is 17.0. The minimum absolute atomic E-state index is 0.0230. The highest BCUT2D eigenvalue weighted by molar-refractivity contribution is 9.10. The van der Waals surface area contributed by atoms with Gasteiger partial charge in [-0.25, -0.2) is 31.9 Å². The Morgan fingerprint density at radius 3 is 2.23 bits per heavy atom. The van der Waals surface area contributed by atoms with Gasteiger partial charge in [-0.15, -0.1) is 0 Å². The molecule has 0 spiro atoms. The lowest BCUT2D eigenvalue weighted by Gasteiger charge is -2.35. The molecule has 2 aromatic heterocycles. The summed E-state index contributed by atoms with van der Waals surface area (Å²) in [5, 5.41) is 18.4. The van der Waals surface area contributed by atoms with Gasteiger partial charge < -0.3 is 55.1 Å². The van der Waals surface area contributed by atoms with Crippen molar-refractivity contribution in [1.29, 1.82) is 0 Å². The van der Waals surface area contributed by atoms with Crippen molar-refractivity contribution in [2.75, 3.05) is 120 Å². The number of phenolic OH excluding ortho intramolecular Hbond substituents is 1. The van der Waals surface area contributed by atoms with E-state index in [-0.39, 0.29) is 94.6 Å². The third-order valence-electron chi connectivity index (χ3n) is 12.3. The van der Waals surface area contributed by atoms with Gasteiger partial charge in [-0.2, -0.15) is 9.97 Å². The van der Waals surface area contributed by atoms with E-state index in [4.69, 9.17) is 46.3 Å². The summed E-state index contributed by atoms with van der Waals surface area (Å²) in [6, 6.07) is 22.0. The number of aromatic nitrogens is 4. The van der Waals surface area contributed by atoms with Crippen LogP contribution in [0.3, 0.4) is 0 Å². The Balaban J connectivity index is 0.736. The summed E-state index contributed by atoms with van der Waals surface area (Å²) in [6.07, 6.45) is 2.73. The Bertz CT molecular complexity index is 3420. The van der Waals surface area contributed by atoms with Crippen molar-refractivity contribution < 1.29 is 50.8 Å². The van der Waals surface area contributed by atoms with Crippen molar-refractivity contribution in [2.24, 2.45) is 5.73 Å². The van der Waals surface area contributed by atoms with Gasteiger partial charge in [0.2, 0.25) is 27.8 Å². The van der Waals surface area contributed by atoms with Gasteiger partial charge in [-0.05, 0) is 92.9 Å². The maximum Gasteiger partial charge on any atom is 0.253 e. The molecule has 25 heteroatoms. The van der Waals surface area contributed by atoms with Crippen LogP contribution in [0.4, 0.5) is 43.7 Å². The van der Waals surface area contributed by atoms with Crippen LogP contribution in [0.25, 0.3) is 32.8 Å². The number of aromatic hydroxyl groups is 1. The Kier molecular flexibility index (Phi) is 19.3. The van der Waals surface area contributed by atoms with Crippen LogP contribution in [-0.4, -0.2) is 149 Å². The Morgan fingerprint density at radius 1 is 0.859 bits per heavy atom. The number of nitrogens with zero attached hydrogens (tertiary/aromatic N) is 7. The molecule has 1 aliphatic heterocycles. The number of hydrogen-bond donors (Lipinski definition) is 5. The Morgan fingerprint density at radius 2 is 1.54 bits per heavy atom. The van der Waals surface area contributed by atoms with Crippen LogP contribution >= 0.6 is 27.5 Å². The Labute approximate surface area is 461 Å². The summed E-state index contributed by atoms with van der Waals surface area (Å²) in [5.74, 6) is -1.54. The average molecular weight is 1180 g/mol. The molecule has 0 aliphatic carbocycles. The third-order valence-corrected chi connectivity index (χ3v) is 14.6. The molecule has 8 rings (SSSR count). The number of halogens is 4. The van der Waals surface area contributed by atoms with Crippen molar-refractivity contribution in [2.45, 2.75) is 4.90 Å². The number of sulfonamides is 1. The van der Waals surface area contributed by atoms with E-state index < -0.39 is 27.6 Å². The second-order valence-corrected chi connectivity index (χ2v) is 20.5. The molecule has 0 saturated carbocycles. The number of piperazine rings is 1. The number of rotatable bonds is 26. The zero-order valence-electron chi connectivity index (χ0n) is 42.2. The number of ether oxygens (including phenoxy) is 4. The van der Waals surface area contributed by atoms with E-state index in [0.717, 1.165) is 11.5 Å². The van der Waals surface area contributed by atoms with Crippen LogP contribution in [0, 0.1) is 11.6 Å². The zero-order valence-corrected chi connectivity index (χ0v) is 45.3. The summed E-state index contributed by atoms with van der Waals surface area (Å²) in [6.45, 7) is 7.77. The second-order valence-electron chi connectivity index (χ2n) is 17.5. The highest BCUT2D eigenvalue weighted by Crippen LogP contribution is 2.42. The number of fused-ring (bicyclic) bond motifs is 2. The molecule has 1 aliphatic rings. The van der Waals surface area contributed by atoms with Gasteiger partial charge in [0.1, 0.15) is 28.7 Å². The zero-order chi connectivity index (χ0) is 55.3. The van der Waals surface area contributed by atoms with Crippen molar-refractivity contribution in [1.82, 2.24) is 29.6 Å². The molecule has 3 heterocycles. The molecule has 0 bridgehead atoms. The number of nitrogens with two attached hydrogens (primary N) is 1. The molecule has 7 aromatic rings. The molecule has 1 saturated heterocycles. The molecular weight excluding hydrogens is 1120 g/mol. The number of hydrogen-bond acceptors (Lipinski definition) is 17. The first-order valence-electron chi connectivity index (χ1n) is 24.5. The number of carbonyl (C=O) groups excluding carboxylic acids is 2. The first kappa shape index (κ1) is 57.0. The van der Waals surface area contributed by atoms with Gasteiger partial charge in [0.15, 0.2) is 5.82 Å². The minimum Gasteiger partial charge on any atom is -0.508 e. The molecule has 0 unspecified atom stereocenters. The maximum atomic E-state index is 17.0. The van der Waals surface area contributed by atoms with Crippen LogP contribution in [-0.2, 0) is 33.8 Å². The molecule has 20 nitrogen and oxygen atoms in total. The fraction of sp³-hybridized carbons (Fsp3) is 0.283. The van der Waals surface area contributed by atoms with Crippen LogP contribution < -0.4 is 30.9 Å². The number of likely N-dealkylation sites (N-methyl/N-ethyl adjacent to an activating group) is 1. The molecule has 0 atom stereocenters. The number of benzene rings is 5. The molecule has 2 amide bonds. The molecule has 78 heavy (non-hydrogen) atoms. The van der Waals surface area contributed by atoms with E-state index in [1.54, 1.807) is 29.0 Å². The fourth-order valence-corrected chi connectivity index (χ4v) is 9.96. The second kappa shape index (κ2) is 26.5. The van der Waals surface area contributed by atoms with Crippen LogP contribution in [0.5, 0.6) is 5.75 Å². The number of nitrogens with one attached hydrogen (secondary N) is 3. The molecule has 0 radical (unpaired) electrons. The molecule has 5 aromatic carbocycles. The van der Waals surface area contributed by atoms with Crippen molar-refractivity contribution >= 4 is 106 Å². The van der Waals surface area contributed by atoms with E-state index >= 15 is 4.39 Å². The average Bonchev–Trinajstić information content (AvgIpc) is 3.56. The topological polar surface area (TPSA) is 249 Å². The summed E-state index contributed by atoms with van der Waals surface area (Å²) >= 11 is 10.2. The number of primary amides is 1. The first-order valence-corrected chi connectivity index (χ1v) is 27.1. The Hall–Kier alpha value is -7.16. The molecular formula is C53H55BrClF2N11O9S. The first-order chi connectivity index (χ1) is 37.6. The molecule has 1 fully saturated rings. The lowest BCUT2D eigenvalue weighted by Crippen LogP contribution is -2.48. The van der Waals surface area contributed by atoms with Crippen molar-refractivity contribution in [3.8, 4) is 16.9 Å². The lowest BCUT2D eigenvalue weighted by molar-refractivity contribution is -0.126. The highest BCUT2D eigenvalue weighted by Gasteiger charge is 2.27. The van der Waals surface area contributed by atoms with Gasteiger partial charge >= 0.3 is 0 Å². The normalized spacial score (nSPS) is 12.8. The number of amides is 2. The van der Waals surface area contributed by atoms with Crippen LogP contribution in [0.15, 0.2) is 113 Å². The van der Waals surface area contributed by atoms with Gasteiger partial charge in [-0.3, -0.25) is 9.59 Å². The summed E-state index contributed by atoms with van der Waals surface area (Å²) in [5.41, 5.74) is 6.20. The predicted molar refractivity (Wildman–Crippen MR) is 297 cm³/mol. The number of carbonyl (C=O) groups is 2. The SMILES string of the molecule is C=CC(=O)N1CCN(c2nc(N(C)CCOCCOCCOCCOCCNS(=O)(=O)c3ccc(Nc4ncc(Br)c(Nc5cccc(F)c5C(N)=O)n4)cc3)nc3c(F)c(-c4cc(O)cc5ccccc45)c(Cl)cc23)CC1. The lowest BCUT2D eigenvalue weighted by atomic mass is 9.96. The van der Waals surface area contributed by atoms with E-state index in [1.807, 2.05) is 29.2 Å². The van der Waals surface area contributed by atoms with E-state index in [2.05, 4.69) is 47.8 Å². The van der Waals surface area contributed by atoms with Gasteiger partial charge in [0.05, 0.1) is 78.5 Å². The standard InChI is InChI=1S/C53H55BrClF2N11O9S/c1-3-44(70)67-16-18-68(19-17-67)51-39-31-41(55)45(38-30-35(69)29-33-7-4-5-8-37(33)38)47(57)48(39)63-53(65-51)66(2)20-22-75-24-26-77-28-27-76-25-23-74-21-15-60-78(72,73)36-13-11-34(12-14-36)61-52-59-32-40(54)50(64-52)62-43-10-6-9-42(56)46(43)49(58)71/h3-14,29-32,60,69H,1,15-28H2,2H3,(H2,58,71)(H2,59,61,62,64). The van der Waals surface area contributed by atoms with Gasteiger partial charge in [-0.1, -0.05) is 48.5 Å². The summed E-state index contributed by atoms with van der Waals surface area (Å²) in [7, 11) is -2.07. The summed E-state index contributed by atoms with van der Waals surface area (Å²) < 4.78 is 82.7. The predicted octanol–water partition coefficient (Wildman–Crippen LogP) is 7.54. The van der Waals surface area contributed by atoms with Crippen LogP contribution in [0.1, 0.15) is 10.4 Å². The number of anilines is 6. The largest absolute Gasteiger partial charge is 0.508 e. The van der Waals surface area contributed by atoms with Gasteiger partial charge in [0, 0.05) is 69.2 Å². The van der Waals surface area contributed by atoms with E-state index in [0.29, 0.717) is 91.5 Å². The van der Waals surface area contributed by atoms with Crippen LogP contribution in [0.2, 0.25) is 5.02 Å². The molecule has 6 N–H and O–H groups in total. The minimum atomic E-state index is -3.86. The quantitative estimate of drug-likeness (QED) is 0.0259.